The Bertz CT molecular complexity index is 1980. The highest BCUT2D eigenvalue weighted by atomic mass is 16.5. The van der Waals surface area contributed by atoms with Gasteiger partial charge in [0.15, 0.2) is 11.7 Å². The molecule has 2 aliphatic rings. The number of cyclic esters (lactones) is 1. The van der Waals surface area contributed by atoms with Gasteiger partial charge in [-0.15, -0.1) is 0 Å². The third-order valence-corrected chi connectivity index (χ3v) is 11.7. The minimum atomic E-state index is -1.74. The van der Waals surface area contributed by atoms with Crippen molar-refractivity contribution < 1.29 is 53.3 Å². The lowest BCUT2D eigenvalue weighted by molar-refractivity contribution is -0.161. The zero-order chi connectivity index (χ0) is 46.2. The monoisotopic (exact) mass is 864 g/mol. The number of pyridine rings is 1. The minimum Gasteiger partial charge on any atom is -0.505 e. The van der Waals surface area contributed by atoms with E-state index in [1.54, 1.807) is 51.1 Å². The first kappa shape index (κ1) is 48.6. The van der Waals surface area contributed by atoms with Crippen molar-refractivity contribution in [3.05, 3.63) is 59.9 Å². The van der Waals surface area contributed by atoms with Crippen LogP contribution in [0.15, 0.2) is 48.7 Å². The Morgan fingerprint density at radius 3 is 2.16 bits per heavy atom. The van der Waals surface area contributed by atoms with Crippen LogP contribution in [0.3, 0.4) is 0 Å². The van der Waals surface area contributed by atoms with E-state index in [0.717, 1.165) is 14.7 Å². The number of nitrogens with zero attached hydrogens (tertiary/aromatic N) is 4. The highest BCUT2D eigenvalue weighted by Crippen LogP contribution is 2.26. The summed E-state index contributed by atoms with van der Waals surface area (Å²) in [7, 11) is 2.67. The molecule has 2 aliphatic heterocycles. The number of aromatic hydroxyl groups is 1. The summed E-state index contributed by atoms with van der Waals surface area (Å²) in [6, 6.07) is 2.51. The predicted molar refractivity (Wildman–Crippen MR) is 223 cm³/mol. The Morgan fingerprint density at radius 1 is 0.887 bits per heavy atom. The lowest BCUT2D eigenvalue weighted by atomic mass is 9.89. The molecule has 2 saturated heterocycles. The number of carbonyl (C=O) groups excluding carboxylic acids is 8. The molecule has 0 spiro atoms. The molecule has 338 valence electrons. The number of aliphatic hydroxyl groups excluding tert-OH is 1. The minimum absolute atomic E-state index is 0.126. The molecule has 10 atom stereocenters. The van der Waals surface area contributed by atoms with Crippen molar-refractivity contribution in [3.63, 3.8) is 0 Å². The maximum absolute atomic E-state index is 14.5. The van der Waals surface area contributed by atoms with Crippen LogP contribution in [0.25, 0.3) is 0 Å². The number of fused-ring (bicyclic) bond motifs is 1. The van der Waals surface area contributed by atoms with E-state index in [-0.39, 0.29) is 18.9 Å². The van der Waals surface area contributed by atoms with Crippen molar-refractivity contribution in [2.45, 2.75) is 110 Å². The van der Waals surface area contributed by atoms with Crippen LogP contribution in [-0.4, -0.2) is 147 Å². The normalized spacial score (nSPS) is 27.5. The second-order valence-electron chi connectivity index (χ2n) is 16.6. The molecule has 6 N–H and O–H groups in total. The van der Waals surface area contributed by atoms with Crippen LogP contribution in [0.1, 0.15) is 83.4 Å². The van der Waals surface area contributed by atoms with E-state index in [4.69, 9.17) is 4.74 Å². The number of carbonyl (C=O) groups is 8. The molecule has 1 aromatic carbocycles. The van der Waals surface area contributed by atoms with E-state index in [1.807, 2.05) is 13.8 Å². The maximum atomic E-state index is 14.5. The number of hydrogen-bond acceptors (Lipinski definition) is 12. The number of amides is 7. The highest BCUT2D eigenvalue weighted by Gasteiger charge is 2.45. The fraction of sp³-hybridized carbons (Fsp3) is 0.558. The number of esters is 1. The molecular formula is C43H60N8O11. The first-order chi connectivity index (χ1) is 29.2. The standard InChI is InChI=1S/C43H60N8O11/c1-10-23(4)32-42(60)51-20-28(52)19-29(51)41(59)49(8)21-31(54)46-33(24(5)22(2)3)37(55)45-25(6)40(58)50(9)36(27-15-12-11-13-16-27)43(61)62-26(7)34(38(56)47-32)48-39(57)35-30(53)17-14-18-44-35/h11-18,22-26,28-29,32-34,36,52-53H,10,19-21H2,1-9H3,(H,45,55)(H,46,54)(H,47,56)(H,48,57)/t23?,24?,25?,26?,28-,29?,32?,33?,34?,36?/m1/s1. The summed E-state index contributed by atoms with van der Waals surface area (Å²) in [5.74, 6) is -8.28. The molecule has 0 aliphatic carbocycles. The fourth-order valence-corrected chi connectivity index (χ4v) is 7.43. The first-order valence-corrected chi connectivity index (χ1v) is 20.8. The van der Waals surface area contributed by atoms with Gasteiger partial charge >= 0.3 is 5.97 Å². The van der Waals surface area contributed by atoms with E-state index in [9.17, 15) is 48.6 Å². The van der Waals surface area contributed by atoms with Crippen molar-refractivity contribution >= 4 is 47.3 Å². The zero-order valence-corrected chi connectivity index (χ0v) is 36.7. The van der Waals surface area contributed by atoms with Gasteiger partial charge in [-0.25, -0.2) is 9.78 Å². The molecule has 0 saturated carbocycles. The average Bonchev–Trinajstić information content (AvgIpc) is 3.63. The van der Waals surface area contributed by atoms with E-state index in [1.165, 1.54) is 46.3 Å². The van der Waals surface area contributed by atoms with Gasteiger partial charge in [-0.1, -0.05) is 71.4 Å². The summed E-state index contributed by atoms with van der Waals surface area (Å²) >= 11 is 0. The summed E-state index contributed by atoms with van der Waals surface area (Å²) in [5, 5.41) is 31.7. The predicted octanol–water partition coefficient (Wildman–Crippen LogP) is 0.263. The van der Waals surface area contributed by atoms with Gasteiger partial charge in [0.25, 0.3) is 5.91 Å². The second-order valence-corrected chi connectivity index (χ2v) is 16.6. The Kier molecular flexibility index (Phi) is 16.5. The molecule has 0 radical (unpaired) electrons. The fourth-order valence-electron chi connectivity index (χ4n) is 7.43. The number of rotatable bonds is 7. The van der Waals surface area contributed by atoms with Crippen LogP contribution in [0.2, 0.25) is 0 Å². The van der Waals surface area contributed by atoms with E-state index < -0.39 is 126 Å². The maximum Gasteiger partial charge on any atom is 0.333 e. The lowest BCUT2D eigenvalue weighted by Crippen LogP contribution is -2.61. The Labute approximate surface area is 361 Å². The van der Waals surface area contributed by atoms with Gasteiger partial charge in [0.2, 0.25) is 35.4 Å². The van der Waals surface area contributed by atoms with Crippen LogP contribution < -0.4 is 21.3 Å². The third kappa shape index (κ3) is 11.4. The van der Waals surface area contributed by atoms with Gasteiger partial charge in [-0.3, -0.25) is 33.6 Å². The average molecular weight is 865 g/mol. The van der Waals surface area contributed by atoms with Crippen molar-refractivity contribution in [3.8, 4) is 5.75 Å². The van der Waals surface area contributed by atoms with Gasteiger partial charge in [0.05, 0.1) is 12.6 Å². The number of nitrogens with one attached hydrogen (secondary N) is 4. The van der Waals surface area contributed by atoms with Crippen molar-refractivity contribution in [2.75, 3.05) is 27.2 Å². The number of benzene rings is 1. The lowest BCUT2D eigenvalue weighted by Gasteiger charge is -2.35. The number of aromatic nitrogens is 1. The van der Waals surface area contributed by atoms with Gasteiger partial charge < -0.3 is 50.9 Å². The topological polar surface area (TPSA) is 257 Å². The van der Waals surface area contributed by atoms with Crippen molar-refractivity contribution in [1.29, 1.82) is 0 Å². The number of hydrogen-bond donors (Lipinski definition) is 6. The second kappa shape index (κ2) is 21.1. The molecule has 3 heterocycles. The van der Waals surface area contributed by atoms with Crippen molar-refractivity contribution in [2.24, 2.45) is 17.8 Å². The quantitative estimate of drug-likeness (QED) is 0.205. The molecule has 19 nitrogen and oxygen atoms in total. The molecule has 19 heteroatoms. The van der Waals surface area contributed by atoms with Crippen LogP contribution in [0, 0.1) is 17.8 Å². The summed E-state index contributed by atoms with van der Waals surface area (Å²) in [4.78, 5) is 120. The number of ether oxygens (including phenoxy) is 1. The molecule has 1 aromatic heterocycles. The van der Waals surface area contributed by atoms with Gasteiger partial charge in [-0.05, 0) is 49.3 Å². The number of likely N-dealkylation sites (N-methyl/N-ethyl adjacent to an activating group) is 2. The summed E-state index contributed by atoms with van der Waals surface area (Å²) in [6.07, 6.45) is -1.22. The van der Waals surface area contributed by atoms with E-state index in [0.29, 0.717) is 12.0 Å². The molecule has 2 aromatic rings. The van der Waals surface area contributed by atoms with E-state index >= 15 is 0 Å². The largest absolute Gasteiger partial charge is 0.505 e. The van der Waals surface area contributed by atoms with Gasteiger partial charge in [0.1, 0.15) is 42.1 Å². The van der Waals surface area contributed by atoms with Gasteiger partial charge in [-0.2, -0.15) is 0 Å². The molecular weight excluding hydrogens is 805 g/mol. The van der Waals surface area contributed by atoms with Crippen molar-refractivity contribution in [1.82, 2.24) is 41.0 Å². The Balaban J connectivity index is 1.85. The van der Waals surface area contributed by atoms with Crippen LogP contribution in [0.4, 0.5) is 0 Å². The molecule has 9 unspecified atom stereocenters. The molecule has 62 heavy (non-hydrogen) atoms. The van der Waals surface area contributed by atoms with Gasteiger partial charge in [0, 0.05) is 33.3 Å². The van der Waals surface area contributed by atoms with Crippen LogP contribution in [-0.2, 0) is 38.3 Å². The summed E-state index contributed by atoms with van der Waals surface area (Å²) < 4.78 is 5.90. The SMILES string of the molecule is CCC(C)C1NC(=O)C(NC(=O)c2ncccc2O)C(C)OC(=O)C(c2ccccc2)N(C)C(=O)C(C)NC(=O)C(C(C)C(C)C)NC(=O)CN(C)C(=O)C2C[C@@H](O)CN2C1=O. The summed E-state index contributed by atoms with van der Waals surface area (Å²) in [5.41, 5.74) is -0.149. The third-order valence-electron chi connectivity index (χ3n) is 11.7. The number of aliphatic hydroxyl groups is 1. The molecule has 7 amide bonds. The van der Waals surface area contributed by atoms with Crippen LogP contribution in [0.5, 0.6) is 5.75 Å². The highest BCUT2D eigenvalue weighted by molar-refractivity contribution is 6.00. The van der Waals surface area contributed by atoms with E-state index in [2.05, 4.69) is 26.3 Å². The van der Waals surface area contributed by atoms with Crippen LogP contribution >= 0.6 is 0 Å². The molecule has 2 fully saturated rings. The Hall–Kier alpha value is -6.11. The molecule has 4 rings (SSSR count). The summed E-state index contributed by atoms with van der Waals surface area (Å²) in [6.45, 7) is 10.8. The molecule has 0 bridgehead atoms. The Morgan fingerprint density at radius 2 is 1.55 bits per heavy atom. The first-order valence-electron chi connectivity index (χ1n) is 20.8. The smallest absolute Gasteiger partial charge is 0.333 e. The zero-order valence-electron chi connectivity index (χ0n) is 36.7.